The molecular formula is C19H18Cl2N2O2. The number of rotatable bonds is 3. The second kappa shape index (κ2) is 6.70. The second-order valence-electron chi connectivity index (χ2n) is 6.32. The summed E-state index contributed by atoms with van der Waals surface area (Å²) in [6.45, 7) is 5.99. The third-order valence-corrected chi connectivity index (χ3v) is 5.12. The molecular weight excluding hydrogens is 359 g/mol. The Morgan fingerprint density at radius 2 is 1.72 bits per heavy atom. The van der Waals surface area contributed by atoms with Crippen LogP contribution in [0.4, 0.5) is 11.4 Å². The maximum atomic E-state index is 12.8. The molecule has 1 aliphatic heterocycles. The van der Waals surface area contributed by atoms with Gasteiger partial charge in [-0.1, -0.05) is 47.0 Å². The van der Waals surface area contributed by atoms with Crippen molar-refractivity contribution in [1.82, 2.24) is 0 Å². The van der Waals surface area contributed by atoms with E-state index in [9.17, 15) is 9.59 Å². The van der Waals surface area contributed by atoms with Crippen LogP contribution < -0.4 is 10.2 Å². The van der Waals surface area contributed by atoms with Gasteiger partial charge in [0.15, 0.2) is 0 Å². The summed E-state index contributed by atoms with van der Waals surface area (Å²) >= 11 is 12.2. The van der Waals surface area contributed by atoms with Gasteiger partial charge in [-0.3, -0.25) is 9.59 Å². The van der Waals surface area contributed by atoms with E-state index in [1.165, 1.54) is 0 Å². The van der Waals surface area contributed by atoms with E-state index in [1.807, 2.05) is 32.9 Å². The maximum absolute atomic E-state index is 12.8. The Bertz CT molecular complexity index is 857. The van der Waals surface area contributed by atoms with E-state index in [4.69, 9.17) is 23.2 Å². The highest BCUT2D eigenvalue weighted by atomic mass is 35.5. The summed E-state index contributed by atoms with van der Waals surface area (Å²) in [4.78, 5) is 26.4. The Balaban J connectivity index is 1.91. The molecule has 1 aliphatic rings. The Morgan fingerprint density at radius 1 is 1.08 bits per heavy atom. The monoisotopic (exact) mass is 376 g/mol. The molecule has 0 radical (unpaired) electrons. The predicted molar refractivity (Wildman–Crippen MR) is 102 cm³/mol. The van der Waals surface area contributed by atoms with Crippen LogP contribution in [-0.4, -0.2) is 17.9 Å². The van der Waals surface area contributed by atoms with Gasteiger partial charge in [-0.2, -0.15) is 0 Å². The normalized spacial score (nSPS) is 17.3. The van der Waals surface area contributed by atoms with Gasteiger partial charge in [0, 0.05) is 5.69 Å². The first-order chi connectivity index (χ1) is 11.8. The lowest BCUT2D eigenvalue weighted by Gasteiger charge is -2.19. The molecule has 130 valence electrons. The number of carbonyl (C=O) groups is 2. The largest absolute Gasteiger partial charge is 0.373 e. The van der Waals surface area contributed by atoms with Crippen molar-refractivity contribution in [3.8, 4) is 0 Å². The molecule has 0 aliphatic carbocycles. The van der Waals surface area contributed by atoms with Crippen LogP contribution in [-0.2, 0) is 9.59 Å². The molecule has 0 saturated carbocycles. The highest BCUT2D eigenvalue weighted by Gasteiger charge is 2.40. The molecule has 1 heterocycles. The number of imide groups is 1. The van der Waals surface area contributed by atoms with E-state index in [1.54, 1.807) is 18.2 Å². The fourth-order valence-electron chi connectivity index (χ4n) is 3.24. The van der Waals surface area contributed by atoms with E-state index < -0.39 is 6.04 Å². The van der Waals surface area contributed by atoms with Crippen molar-refractivity contribution in [3.05, 3.63) is 57.1 Å². The van der Waals surface area contributed by atoms with Gasteiger partial charge in [0.2, 0.25) is 5.91 Å². The molecule has 2 aromatic rings. The average Bonchev–Trinajstić information content (AvgIpc) is 2.80. The fourth-order valence-corrected chi connectivity index (χ4v) is 3.62. The van der Waals surface area contributed by atoms with E-state index in [2.05, 4.69) is 5.32 Å². The van der Waals surface area contributed by atoms with Crippen LogP contribution in [0.15, 0.2) is 30.3 Å². The molecule has 0 bridgehead atoms. The molecule has 0 aromatic heterocycles. The molecule has 0 unspecified atom stereocenters. The van der Waals surface area contributed by atoms with Crippen LogP contribution in [0, 0.1) is 20.8 Å². The SMILES string of the molecule is Cc1cc(C)c(N[C@@H]2CC(=O)N(c3cccc(Cl)c3Cl)C2=O)c(C)c1. The smallest absolute Gasteiger partial charge is 0.256 e. The number of amides is 2. The first-order valence-corrected chi connectivity index (χ1v) is 8.70. The van der Waals surface area contributed by atoms with Crippen LogP contribution in [0.5, 0.6) is 0 Å². The molecule has 1 saturated heterocycles. The zero-order valence-corrected chi connectivity index (χ0v) is 15.7. The van der Waals surface area contributed by atoms with Gasteiger partial charge in [-0.25, -0.2) is 4.90 Å². The minimum absolute atomic E-state index is 0.0778. The van der Waals surface area contributed by atoms with Gasteiger partial charge >= 0.3 is 0 Å². The summed E-state index contributed by atoms with van der Waals surface area (Å²) in [5, 5.41) is 3.74. The van der Waals surface area contributed by atoms with E-state index in [0.717, 1.165) is 27.3 Å². The van der Waals surface area contributed by atoms with Gasteiger partial charge in [-0.15, -0.1) is 0 Å². The third kappa shape index (κ3) is 3.24. The number of aryl methyl sites for hydroxylation is 3. The van der Waals surface area contributed by atoms with Crippen LogP contribution in [0.25, 0.3) is 0 Å². The molecule has 1 atom stereocenters. The van der Waals surface area contributed by atoms with Gasteiger partial charge in [-0.05, 0) is 44.0 Å². The van der Waals surface area contributed by atoms with Gasteiger partial charge in [0.05, 0.1) is 22.2 Å². The second-order valence-corrected chi connectivity index (χ2v) is 7.10. The minimum Gasteiger partial charge on any atom is -0.373 e. The number of anilines is 2. The van der Waals surface area contributed by atoms with Crippen molar-refractivity contribution in [2.24, 2.45) is 0 Å². The van der Waals surface area contributed by atoms with Crippen LogP contribution in [0.3, 0.4) is 0 Å². The number of carbonyl (C=O) groups excluding carboxylic acids is 2. The Hall–Kier alpha value is -2.04. The Morgan fingerprint density at radius 3 is 2.36 bits per heavy atom. The standard InChI is InChI=1S/C19H18Cl2N2O2/c1-10-7-11(2)18(12(3)8-10)22-14-9-16(24)23(19(14)25)15-6-4-5-13(20)17(15)21/h4-8,14,22H,9H2,1-3H3/t14-/m1/s1. The topological polar surface area (TPSA) is 49.4 Å². The van der Waals surface area contributed by atoms with E-state index >= 15 is 0 Å². The summed E-state index contributed by atoms with van der Waals surface area (Å²) < 4.78 is 0. The molecule has 0 spiro atoms. The van der Waals surface area contributed by atoms with Crippen molar-refractivity contribution in [1.29, 1.82) is 0 Å². The van der Waals surface area contributed by atoms with E-state index in [-0.39, 0.29) is 23.3 Å². The summed E-state index contributed by atoms with van der Waals surface area (Å²) in [7, 11) is 0. The molecule has 4 nitrogen and oxygen atoms in total. The zero-order chi connectivity index (χ0) is 18.3. The number of hydrogen-bond acceptors (Lipinski definition) is 3. The maximum Gasteiger partial charge on any atom is 0.256 e. The number of benzene rings is 2. The Labute approximate surface area is 156 Å². The van der Waals surface area contributed by atoms with Crippen molar-refractivity contribution in [2.45, 2.75) is 33.2 Å². The number of halogens is 2. The number of nitrogens with one attached hydrogen (secondary N) is 1. The molecule has 1 fully saturated rings. The van der Waals surface area contributed by atoms with Gasteiger partial charge in [0.25, 0.3) is 5.91 Å². The lowest BCUT2D eigenvalue weighted by atomic mass is 10.0. The summed E-state index contributed by atoms with van der Waals surface area (Å²) in [5.41, 5.74) is 4.44. The van der Waals surface area contributed by atoms with Crippen LogP contribution in [0.2, 0.25) is 10.0 Å². The lowest BCUT2D eigenvalue weighted by Crippen LogP contribution is -2.35. The highest BCUT2D eigenvalue weighted by molar-refractivity contribution is 6.45. The summed E-state index contributed by atoms with van der Waals surface area (Å²) in [6, 6.07) is 8.37. The van der Waals surface area contributed by atoms with Crippen LogP contribution in [0.1, 0.15) is 23.1 Å². The van der Waals surface area contributed by atoms with Crippen LogP contribution >= 0.6 is 23.2 Å². The third-order valence-electron chi connectivity index (χ3n) is 4.31. The molecule has 1 N–H and O–H groups in total. The van der Waals surface area contributed by atoms with Gasteiger partial charge < -0.3 is 5.32 Å². The number of nitrogens with zero attached hydrogens (tertiary/aromatic N) is 1. The van der Waals surface area contributed by atoms with Crippen molar-refractivity contribution >= 4 is 46.4 Å². The fraction of sp³-hybridized carbons (Fsp3) is 0.263. The molecule has 6 heteroatoms. The summed E-state index contributed by atoms with van der Waals surface area (Å²) in [6.07, 6.45) is 0.0778. The van der Waals surface area contributed by atoms with Crippen molar-refractivity contribution in [2.75, 3.05) is 10.2 Å². The molecule has 25 heavy (non-hydrogen) atoms. The molecule has 2 aromatic carbocycles. The highest BCUT2D eigenvalue weighted by Crippen LogP contribution is 2.36. The van der Waals surface area contributed by atoms with E-state index in [0.29, 0.717) is 10.7 Å². The minimum atomic E-state index is -0.623. The Kier molecular flexibility index (Phi) is 4.76. The zero-order valence-electron chi connectivity index (χ0n) is 14.2. The summed E-state index contributed by atoms with van der Waals surface area (Å²) in [5.74, 6) is -0.623. The first kappa shape index (κ1) is 17.8. The van der Waals surface area contributed by atoms with Crippen molar-refractivity contribution < 1.29 is 9.59 Å². The lowest BCUT2D eigenvalue weighted by molar-refractivity contribution is -0.121. The molecule has 3 rings (SSSR count). The van der Waals surface area contributed by atoms with Gasteiger partial charge in [0.1, 0.15) is 6.04 Å². The average molecular weight is 377 g/mol. The first-order valence-electron chi connectivity index (χ1n) is 7.94. The predicted octanol–water partition coefficient (Wildman–Crippen LogP) is 4.66. The molecule has 2 amide bonds. The quantitative estimate of drug-likeness (QED) is 0.792. The van der Waals surface area contributed by atoms with Crippen molar-refractivity contribution in [3.63, 3.8) is 0 Å². The number of hydrogen-bond donors (Lipinski definition) is 1.